The van der Waals surface area contributed by atoms with Crippen molar-refractivity contribution in [3.05, 3.63) is 57.8 Å². The van der Waals surface area contributed by atoms with Gasteiger partial charge < -0.3 is 0 Å². The lowest BCUT2D eigenvalue weighted by Crippen LogP contribution is -2.14. The van der Waals surface area contributed by atoms with Crippen molar-refractivity contribution in [2.45, 2.75) is 13.3 Å². The van der Waals surface area contributed by atoms with Crippen molar-refractivity contribution < 1.29 is 14.4 Å². The molecule has 2 rings (SSSR count). The van der Waals surface area contributed by atoms with Crippen LogP contribution in [0.3, 0.4) is 0 Å². The summed E-state index contributed by atoms with van der Waals surface area (Å²) in [4.78, 5) is 35.1. The van der Waals surface area contributed by atoms with Crippen molar-refractivity contribution in [1.82, 2.24) is 0 Å². The first-order chi connectivity index (χ1) is 10.1. The van der Waals surface area contributed by atoms with Crippen LogP contribution in [0.2, 0.25) is 0 Å². The zero-order valence-corrected chi connectivity index (χ0v) is 12.2. The Balaban J connectivity index is 2.08. The van der Waals surface area contributed by atoms with Gasteiger partial charge in [0.25, 0.3) is 0 Å². The summed E-state index contributed by atoms with van der Waals surface area (Å²) >= 11 is 1.23. The van der Waals surface area contributed by atoms with Crippen LogP contribution < -0.4 is 0 Å². The summed E-state index contributed by atoms with van der Waals surface area (Å²) in [5.41, 5.74) is 0.894. The highest BCUT2D eigenvalue weighted by Crippen LogP contribution is 2.17. The van der Waals surface area contributed by atoms with Crippen molar-refractivity contribution in [1.29, 1.82) is 0 Å². The Hall–Kier alpha value is -2.51. The molecule has 21 heavy (non-hydrogen) atoms. The van der Waals surface area contributed by atoms with Crippen LogP contribution in [-0.2, 0) is 9.59 Å². The van der Waals surface area contributed by atoms with Crippen LogP contribution in [0.5, 0.6) is 0 Å². The second-order valence-electron chi connectivity index (χ2n) is 4.36. The van der Waals surface area contributed by atoms with E-state index in [2.05, 4.69) is 11.8 Å². The topological polar surface area (TPSA) is 51.2 Å². The average molecular weight is 296 g/mol. The van der Waals surface area contributed by atoms with Crippen LogP contribution in [0.25, 0.3) is 0 Å². The van der Waals surface area contributed by atoms with E-state index in [1.807, 2.05) is 30.3 Å². The molecule has 0 amide bonds. The monoisotopic (exact) mass is 296 g/mol. The summed E-state index contributed by atoms with van der Waals surface area (Å²) in [6.45, 7) is 1.17. The van der Waals surface area contributed by atoms with Gasteiger partial charge in [0.05, 0.1) is 16.2 Å². The fraction of sp³-hybridized carbons (Fsp3) is 0.118. The minimum absolute atomic E-state index is 0.340. The van der Waals surface area contributed by atoms with Gasteiger partial charge in [0.15, 0.2) is 11.6 Å². The van der Waals surface area contributed by atoms with E-state index in [1.165, 1.54) is 18.3 Å². The van der Waals surface area contributed by atoms with E-state index in [9.17, 15) is 14.4 Å². The fourth-order valence-electron chi connectivity index (χ4n) is 1.57. The van der Waals surface area contributed by atoms with Gasteiger partial charge in [-0.2, -0.15) is 0 Å². The molecule has 0 radical (unpaired) electrons. The molecule has 0 bridgehead atoms. The molecule has 0 N–H and O–H groups in total. The van der Waals surface area contributed by atoms with E-state index in [-0.39, 0.29) is 12.2 Å². The lowest BCUT2D eigenvalue weighted by Gasteiger charge is -1.93. The summed E-state index contributed by atoms with van der Waals surface area (Å²) in [6.07, 6.45) is -0.374. The lowest BCUT2D eigenvalue weighted by atomic mass is 10.1. The number of thiophene rings is 1. The van der Waals surface area contributed by atoms with Gasteiger partial charge in [-0.3, -0.25) is 14.4 Å². The molecule has 3 nitrogen and oxygen atoms in total. The maximum absolute atomic E-state index is 11.8. The first kappa shape index (κ1) is 14.9. The SMILES string of the molecule is CC(=O)C(=O)CC(=O)c1ccc(C#Cc2ccccc2)s1. The molecule has 104 valence electrons. The van der Waals surface area contributed by atoms with E-state index in [4.69, 9.17) is 0 Å². The van der Waals surface area contributed by atoms with Gasteiger partial charge in [-0.05, 0) is 24.3 Å². The van der Waals surface area contributed by atoms with Crippen LogP contribution in [-0.4, -0.2) is 17.3 Å². The highest BCUT2D eigenvalue weighted by atomic mass is 32.1. The van der Waals surface area contributed by atoms with Gasteiger partial charge in [0.2, 0.25) is 5.78 Å². The van der Waals surface area contributed by atoms with Crippen molar-refractivity contribution >= 4 is 28.7 Å². The molecule has 0 saturated heterocycles. The van der Waals surface area contributed by atoms with Gasteiger partial charge in [0.1, 0.15) is 0 Å². The molecule has 0 unspecified atom stereocenters. The molecule has 1 aromatic heterocycles. The summed E-state index contributed by atoms with van der Waals surface area (Å²) in [5.74, 6) is 4.38. The van der Waals surface area contributed by atoms with Gasteiger partial charge in [-0.25, -0.2) is 0 Å². The van der Waals surface area contributed by atoms with Gasteiger partial charge >= 0.3 is 0 Å². The molecule has 0 fully saturated rings. The van der Waals surface area contributed by atoms with Crippen LogP contribution >= 0.6 is 11.3 Å². The minimum atomic E-state index is -0.662. The number of benzene rings is 1. The Labute approximate surface area is 126 Å². The lowest BCUT2D eigenvalue weighted by molar-refractivity contribution is -0.134. The zero-order chi connectivity index (χ0) is 15.2. The number of ketones is 3. The number of Topliss-reactive ketones (excluding diaryl/α,β-unsaturated/α-hetero) is 3. The van der Waals surface area contributed by atoms with E-state index in [0.717, 1.165) is 10.4 Å². The first-order valence-electron chi connectivity index (χ1n) is 6.30. The number of hydrogen-bond donors (Lipinski definition) is 0. The summed E-state index contributed by atoms with van der Waals surface area (Å²) in [5, 5.41) is 0. The molecular weight excluding hydrogens is 284 g/mol. The van der Waals surface area contributed by atoms with Crippen molar-refractivity contribution in [2.75, 3.05) is 0 Å². The van der Waals surface area contributed by atoms with Crippen molar-refractivity contribution in [2.24, 2.45) is 0 Å². The predicted molar refractivity (Wildman–Crippen MR) is 81.4 cm³/mol. The van der Waals surface area contributed by atoms with Crippen LogP contribution in [0.15, 0.2) is 42.5 Å². The van der Waals surface area contributed by atoms with E-state index >= 15 is 0 Å². The summed E-state index contributed by atoms with van der Waals surface area (Å²) in [6, 6.07) is 12.9. The quantitative estimate of drug-likeness (QED) is 0.377. The summed E-state index contributed by atoms with van der Waals surface area (Å²) < 4.78 is 0. The van der Waals surface area contributed by atoms with Crippen LogP contribution in [0.4, 0.5) is 0 Å². The molecule has 0 atom stereocenters. The Morgan fingerprint density at radius 3 is 2.38 bits per heavy atom. The molecule has 1 aromatic carbocycles. The Morgan fingerprint density at radius 2 is 1.71 bits per heavy atom. The molecule has 2 aromatic rings. The Bertz CT molecular complexity index is 745. The van der Waals surface area contributed by atoms with E-state index in [0.29, 0.717) is 4.88 Å². The van der Waals surface area contributed by atoms with Crippen LogP contribution in [0, 0.1) is 11.8 Å². The third kappa shape index (κ3) is 4.23. The highest BCUT2D eigenvalue weighted by Gasteiger charge is 2.16. The highest BCUT2D eigenvalue weighted by molar-refractivity contribution is 7.14. The second-order valence-corrected chi connectivity index (χ2v) is 5.44. The number of hydrogen-bond acceptors (Lipinski definition) is 4. The Kier molecular flexibility index (Phi) is 4.81. The first-order valence-corrected chi connectivity index (χ1v) is 7.12. The van der Waals surface area contributed by atoms with Crippen molar-refractivity contribution in [3.63, 3.8) is 0 Å². The Morgan fingerprint density at radius 1 is 1.00 bits per heavy atom. The molecule has 0 spiro atoms. The molecular formula is C17H12O3S. The number of rotatable bonds is 4. The molecule has 0 aliphatic carbocycles. The molecule has 0 aliphatic heterocycles. The zero-order valence-electron chi connectivity index (χ0n) is 11.4. The summed E-state index contributed by atoms with van der Waals surface area (Å²) in [7, 11) is 0. The molecule has 1 heterocycles. The van der Waals surface area contributed by atoms with Gasteiger partial charge in [-0.15, -0.1) is 11.3 Å². The molecule has 0 aliphatic rings. The maximum Gasteiger partial charge on any atom is 0.205 e. The third-order valence-electron chi connectivity index (χ3n) is 2.70. The minimum Gasteiger partial charge on any atom is -0.293 e. The van der Waals surface area contributed by atoms with E-state index < -0.39 is 11.6 Å². The third-order valence-corrected chi connectivity index (χ3v) is 3.74. The number of carbonyl (C=O) groups excluding carboxylic acids is 3. The van der Waals surface area contributed by atoms with Crippen LogP contribution in [0.1, 0.15) is 33.5 Å². The number of carbonyl (C=O) groups is 3. The fourth-order valence-corrected chi connectivity index (χ4v) is 2.36. The average Bonchev–Trinajstić information content (AvgIpc) is 2.95. The smallest absolute Gasteiger partial charge is 0.205 e. The second kappa shape index (κ2) is 6.78. The van der Waals surface area contributed by atoms with Gasteiger partial charge in [-0.1, -0.05) is 30.0 Å². The predicted octanol–water partition coefficient (Wildman–Crippen LogP) is 2.88. The van der Waals surface area contributed by atoms with E-state index in [1.54, 1.807) is 12.1 Å². The van der Waals surface area contributed by atoms with Crippen molar-refractivity contribution in [3.8, 4) is 11.8 Å². The molecule has 4 heteroatoms. The maximum atomic E-state index is 11.8. The molecule has 0 saturated carbocycles. The largest absolute Gasteiger partial charge is 0.293 e. The normalized spacial score (nSPS) is 9.57. The standard InChI is InChI=1S/C17H12O3S/c1-12(18)15(19)11-16(20)17-10-9-14(21-17)8-7-13-5-3-2-4-6-13/h2-6,9-10H,11H2,1H3. The van der Waals surface area contributed by atoms with Gasteiger partial charge in [0, 0.05) is 12.5 Å².